The van der Waals surface area contributed by atoms with E-state index in [0.717, 1.165) is 31.2 Å². The second-order valence-corrected chi connectivity index (χ2v) is 15.2. The number of hydrogen-bond acceptors (Lipinski definition) is 10. The van der Waals surface area contributed by atoms with Crippen molar-refractivity contribution >= 4 is 17.8 Å². The molecule has 0 aliphatic carbocycles. The van der Waals surface area contributed by atoms with Crippen LogP contribution in [0.3, 0.4) is 0 Å². The van der Waals surface area contributed by atoms with E-state index < -0.39 is 12.2 Å². The highest BCUT2D eigenvalue weighted by Gasteiger charge is 2.41. The molecule has 0 saturated carbocycles. The molecule has 0 amide bonds. The lowest BCUT2D eigenvalue weighted by Gasteiger charge is -2.47. The van der Waals surface area contributed by atoms with Crippen molar-refractivity contribution in [1.82, 2.24) is 25.6 Å². The van der Waals surface area contributed by atoms with Gasteiger partial charge in [0.25, 0.3) is 0 Å². The van der Waals surface area contributed by atoms with E-state index in [2.05, 4.69) is 96.9 Å². The molecular weight excluding hydrogens is 528 g/mol. The zero-order chi connectivity index (χ0) is 30.8. The number of benzene rings is 1. The van der Waals surface area contributed by atoms with Gasteiger partial charge in [-0.15, -0.1) is 0 Å². The van der Waals surface area contributed by atoms with Crippen LogP contribution in [-0.4, -0.2) is 72.6 Å². The second kappa shape index (κ2) is 12.6. The monoisotopic (exact) mass is 582 g/mol. The highest BCUT2D eigenvalue weighted by Crippen LogP contribution is 2.36. The number of nitrogens with one attached hydrogen (secondary N) is 5. The van der Waals surface area contributed by atoms with E-state index in [1.807, 2.05) is 30.3 Å². The number of anilines is 3. The molecule has 0 spiro atoms. The molecule has 0 bridgehead atoms. The third-order valence-corrected chi connectivity index (χ3v) is 8.40. The van der Waals surface area contributed by atoms with Gasteiger partial charge in [-0.1, -0.05) is 30.3 Å². The van der Waals surface area contributed by atoms with Gasteiger partial charge < -0.3 is 36.8 Å². The molecule has 0 radical (unpaired) electrons. The summed E-state index contributed by atoms with van der Waals surface area (Å²) in [6.45, 7) is 18.8. The fourth-order valence-corrected chi connectivity index (χ4v) is 7.46. The van der Waals surface area contributed by atoms with Crippen LogP contribution in [0.4, 0.5) is 17.8 Å². The average Bonchev–Trinajstić information content (AvgIpc) is 2.86. The van der Waals surface area contributed by atoms with Gasteiger partial charge in [-0.2, -0.15) is 15.0 Å². The normalized spacial score (nSPS) is 23.1. The van der Waals surface area contributed by atoms with Crippen LogP contribution in [0.1, 0.15) is 86.6 Å². The maximum Gasteiger partial charge on any atom is 0.229 e. The maximum atomic E-state index is 11.2. The lowest BCUT2D eigenvalue weighted by Crippen LogP contribution is -2.59. The number of aliphatic hydroxyl groups excluding tert-OH is 2. The van der Waals surface area contributed by atoms with E-state index in [1.54, 1.807) is 0 Å². The van der Waals surface area contributed by atoms with Gasteiger partial charge in [0.1, 0.15) is 0 Å². The van der Waals surface area contributed by atoms with Gasteiger partial charge in [0, 0.05) is 41.8 Å². The molecule has 2 atom stereocenters. The molecule has 2 fully saturated rings. The zero-order valence-corrected chi connectivity index (χ0v) is 26.9. The molecule has 42 heavy (non-hydrogen) atoms. The lowest BCUT2D eigenvalue weighted by molar-refractivity contribution is 0.0340. The fraction of sp³-hybridized carbons (Fsp3) is 0.719. The molecule has 10 nitrogen and oxygen atoms in total. The van der Waals surface area contributed by atoms with Gasteiger partial charge in [0.2, 0.25) is 17.8 Å². The Kier molecular flexibility index (Phi) is 9.72. The quantitative estimate of drug-likeness (QED) is 0.207. The highest BCUT2D eigenvalue weighted by molar-refractivity contribution is 5.43. The Morgan fingerprint density at radius 3 is 1.38 bits per heavy atom. The number of nitrogens with zero attached hydrogens (tertiary/aromatic N) is 3. The Labute approximate surface area is 252 Å². The molecule has 2 aliphatic heterocycles. The summed E-state index contributed by atoms with van der Waals surface area (Å²) < 4.78 is 0. The standard InChI is InChI=1S/C32H54N8O2/c1-29(2)14-22(15-30(3,4)39-29)24(41)19-34-27-36-26(33-18-21-12-10-9-11-13-21)37-28(38-27)35-20-25(42)23-16-31(5,6)40-32(7,8)17-23/h9-13,22-25,39-42H,14-20H2,1-8H3,(H3,33,34,35,36,37,38). The molecule has 3 heterocycles. The third kappa shape index (κ3) is 9.49. The number of aliphatic hydroxyl groups is 2. The minimum Gasteiger partial charge on any atom is -0.391 e. The van der Waals surface area contributed by atoms with E-state index >= 15 is 0 Å². The van der Waals surface area contributed by atoms with Crippen molar-refractivity contribution in [2.45, 2.75) is 122 Å². The summed E-state index contributed by atoms with van der Waals surface area (Å²) in [6.07, 6.45) is 2.44. The fourth-order valence-electron chi connectivity index (χ4n) is 7.46. The third-order valence-electron chi connectivity index (χ3n) is 8.40. The van der Waals surface area contributed by atoms with Crippen LogP contribution in [0.5, 0.6) is 0 Å². The van der Waals surface area contributed by atoms with Crippen molar-refractivity contribution in [2.75, 3.05) is 29.0 Å². The first-order valence-corrected chi connectivity index (χ1v) is 15.5. The predicted molar refractivity (Wildman–Crippen MR) is 171 cm³/mol. The van der Waals surface area contributed by atoms with Crippen LogP contribution < -0.4 is 26.6 Å². The van der Waals surface area contributed by atoms with Crippen LogP contribution in [0.15, 0.2) is 30.3 Å². The molecular formula is C32H54N8O2. The minimum atomic E-state index is -0.548. The van der Waals surface area contributed by atoms with Gasteiger partial charge in [0.05, 0.1) is 12.2 Å². The Hall–Kier alpha value is -2.53. The number of rotatable bonds is 11. The van der Waals surface area contributed by atoms with Crippen LogP contribution >= 0.6 is 0 Å². The van der Waals surface area contributed by atoms with Gasteiger partial charge in [0.15, 0.2) is 0 Å². The SMILES string of the molecule is CC1(C)CC(C(O)CNc2nc(NCc3ccccc3)nc(NCC(O)C3CC(C)(C)NC(C)(C)C3)n2)CC(C)(C)N1. The molecule has 2 unspecified atom stereocenters. The molecule has 10 heteroatoms. The first kappa shape index (κ1) is 32.4. The predicted octanol–water partition coefficient (Wildman–Crippen LogP) is 4.14. The summed E-state index contributed by atoms with van der Waals surface area (Å²) in [6, 6.07) is 10.1. The maximum absolute atomic E-state index is 11.2. The minimum absolute atomic E-state index is 0.0498. The Balaban J connectivity index is 1.44. The molecule has 2 aliphatic rings. The van der Waals surface area contributed by atoms with Crippen molar-refractivity contribution < 1.29 is 10.2 Å². The van der Waals surface area contributed by atoms with Crippen LogP contribution in [0.2, 0.25) is 0 Å². The molecule has 2 aromatic rings. The largest absolute Gasteiger partial charge is 0.391 e. The van der Waals surface area contributed by atoms with Crippen molar-refractivity contribution in [3.8, 4) is 0 Å². The number of piperidine rings is 2. The van der Waals surface area contributed by atoms with E-state index in [1.165, 1.54) is 0 Å². The van der Waals surface area contributed by atoms with Gasteiger partial charge >= 0.3 is 0 Å². The first-order valence-electron chi connectivity index (χ1n) is 15.5. The van der Waals surface area contributed by atoms with Gasteiger partial charge in [-0.05, 0) is 98.5 Å². The Morgan fingerprint density at radius 2 is 1.00 bits per heavy atom. The first-order chi connectivity index (χ1) is 19.5. The molecule has 234 valence electrons. The summed E-state index contributed by atoms with van der Waals surface area (Å²) in [7, 11) is 0. The van der Waals surface area contributed by atoms with Crippen LogP contribution in [0.25, 0.3) is 0 Å². The van der Waals surface area contributed by atoms with Gasteiger partial charge in [-0.25, -0.2) is 0 Å². The number of hydrogen-bond donors (Lipinski definition) is 7. The molecule has 1 aromatic heterocycles. The van der Waals surface area contributed by atoms with Crippen molar-refractivity contribution in [1.29, 1.82) is 0 Å². The van der Waals surface area contributed by atoms with Crippen LogP contribution in [0, 0.1) is 11.8 Å². The van der Waals surface area contributed by atoms with Crippen LogP contribution in [-0.2, 0) is 6.54 Å². The van der Waals surface area contributed by atoms with E-state index in [4.69, 9.17) is 0 Å². The molecule has 7 N–H and O–H groups in total. The lowest BCUT2D eigenvalue weighted by atomic mass is 9.73. The summed E-state index contributed by atoms with van der Waals surface area (Å²) in [5, 5.41) is 39.5. The smallest absolute Gasteiger partial charge is 0.229 e. The van der Waals surface area contributed by atoms with Crippen molar-refractivity contribution in [2.24, 2.45) is 11.8 Å². The summed E-state index contributed by atoms with van der Waals surface area (Å²) >= 11 is 0. The molecule has 4 rings (SSSR count). The summed E-state index contributed by atoms with van der Waals surface area (Å²) in [4.78, 5) is 13.8. The average molecular weight is 583 g/mol. The molecule has 1 aromatic carbocycles. The van der Waals surface area contributed by atoms with Crippen molar-refractivity contribution in [3.05, 3.63) is 35.9 Å². The van der Waals surface area contributed by atoms with E-state index in [0.29, 0.717) is 37.5 Å². The number of aromatic nitrogens is 3. The Morgan fingerprint density at radius 1 is 0.643 bits per heavy atom. The highest BCUT2D eigenvalue weighted by atomic mass is 16.3. The Bertz CT molecular complexity index is 1070. The summed E-state index contributed by atoms with van der Waals surface area (Å²) in [5.74, 6) is 1.48. The van der Waals surface area contributed by atoms with E-state index in [-0.39, 0.29) is 34.0 Å². The topological polar surface area (TPSA) is 139 Å². The summed E-state index contributed by atoms with van der Waals surface area (Å²) in [5.41, 5.74) is 0.912. The second-order valence-electron chi connectivity index (χ2n) is 15.2. The zero-order valence-electron chi connectivity index (χ0n) is 26.9. The van der Waals surface area contributed by atoms with Gasteiger partial charge in [-0.3, -0.25) is 0 Å². The van der Waals surface area contributed by atoms with Crippen molar-refractivity contribution in [3.63, 3.8) is 0 Å². The molecule has 2 saturated heterocycles. The van der Waals surface area contributed by atoms with E-state index in [9.17, 15) is 10.2 Å².